The molecule has 39 heavy (non-hydrogen) atoms. The molecule has 2 rings (SSSR count). The first-order chi connectivity index (χ1) is 18.3. The maximum atomic E-state index is 12.6. The van der Waals surface area contributed by atoms with Gasteiger partial charge in [-0.15, -0.1) is 11.8 Å². The summed E-state index contributed by atoms with van der Waals surface area (Å²) in [6, 6.07) is 14.8. The number of benzene rings is 2. The number of nitrogens with one attached hydrogen (secondary N) is 2. The number of hydrogen-bond acceptors (Lipinski definition) is 10. The highest BCUT2D eigenvalue weighted by molar-refractivity contribution is 7.99. The third kappa shape index (κ3) is 13.8. The van der Waals surface area contributed by atoms with E-state index in [0.717, 1.165) is 0 Å². The fourth-order valence-electron chi connectivity index (χ4n) is 2.91. The number of azo groups is 1. The molecule has 0 saturated carbocycles. The lowest BCUT2D eigenvalue weighted by Crippen LogP contribution is -2.46. The first-order valence-electron chi connectivity index (χ1n) is 12.1. The highest BCUT2D eigenvalue weighted by Gasteiger charge is 2.26. The number of esters is 1. The van der Waals surface area contributed by atoms with Crippen molar-refractivity contribution in [3.05, 3.63) is 60.2 Å². The Morgan fingerprint density at radius 2 is 1.59 bits per heavy atom. The minimum Gasteiger partial charge on any atom is -0.463 e. The van der Waals surface area contributed by atoms with E-state index in [4.69, 9.17) is 9.47 Å². The summed E-state index contributed by atoms with van der Waals surface area (Å²) < 4.78 is 35.5. The van der Waals surface area contributed by atoms with E-state index in [1.807, 2.05) is 30.3 Å². The molecule has 2 amide bonds. The molecule has 2 aromatic carbocycles. The third-order valence-electron chi connectivity index (χ3n) is 4.68. The Labute approximate surface area is 233 Å². The quantitative estimate of drug-likeness (QED) is 0.155. The predicted octanol–water partition coefficient (Wildman–Crippen LogP) is 4.28. The minimum absolute atomic E-state index is 0.0824. The normalized spacial score (nSPS) is 12.5. The minimum atomic E-state index is -3.60. The molecule has 11 nitrogen and oxygen atoms in total. The Hall–Kier alpha value is -3.45. The van der Waals surface area contributed by atoms with Crippen molar-refractivity contribution in [3.8, 4) is 0 Å². The fraction of sp³-hybridized carbons (Fsp3) is 0.423. The van der Waals surface area contributed by atoms with Gasteiger partial charge in [0.25, 0.3) is 0 Å². The molecule has 1 atom stereocenters. The molecule has 0 heterocycles. The van der Waals surface area contributed by atoms with Gasteiger partial charge in [0.1, 0.15) is 18.2 Å². The summed E-state index contributed by atoms with van der Waals surface area (Å²) in [5.41, 5.74) is 1.06. The number of nitrogens with zero attached hydrogens (tertiary/aromatic N) is 2. The zero-order chi connectivity index (χ0) is 28.9. The summed E-state index contributed by atoms with van der Waals surface area (Å²) >= 11 is 1.19. The van der Waals surface area contributed by atoms with Crippen molar-refractivity contribution in [2.75, 3.05) is 24.0 Å². The number of carbonyl (C=O) groups excluding carboxylic acids is 3. The molecule has 0 saturated heterocycles. The summed E-state index contributed by atoms with van der Waals surface area (Å²) in [4.78, 5) is 35.8. The number of amides is 2. The van der Waals surface area contributed by atoms with E-state index in [9.17, 15) is 22.8 Å². The second kappa shape index (κ2) is 15.2. The van der Waals surface area contributed by atoms with Gasteiger partial charge in [0.05, 0.1) is 28.8 Å². The van der Waals surface area contributed by atoms with Crippen molar-refractivity contribution in [1.82, 2.24) is 10.6 Å². The highest BCUT2D eigenvalue weighted by Crippen LogP contribution is 2.19. The maximum absolute atomic E-state index is 12.6. The van der Waals surface area contributed by atoms with Gasteiger partial charge in [0, 0.05) is 12.7 Å². The van der Waals surface area contributed by atoms with E-state index in [1.165, 1.54) is 18.7 Å². The first kappa shape index (κ1) is 31.8. The van der Waals surface area contributed by atoms with Gasteiger partial charge in [-0.05, 0) is 50.6 Å². The number of carbonyl (C=O) groups is 3. The van der Waals surface area contributed by atoms with E-state index < -0.39 is 39.3 Å². The molecule has 212 valence electrons. The number of rotatable bonds is 13. The van der Waals surface area contributed by atoms with Crippen molar-refractivity contribution in [1.29, 1.82) is 0 Å². The molecular formula is C26H34N4O7S2. The second-order valence-electron chi connectivity index (χ2n) is 9.41. The van der Waals surface area contributed by atoms with Crippen LogP contribution in [0.1, 0.15) is 33.3 Å². The van der Waals surface area contributed by atoms with Crippen LogP contribution in [0.25, 0.3) is 0 Å². The summed E-state index contributed by atoms with van der Waals surface area (Å²) in [7, 11) is -3.60. The first-order valence-corrected chi connectivity index (χ1v) is 15.0. The van der Waals surface area contributed by atoms with Crippen LogP contribution in [-0.4, -0.2) is 62.0 Å². The van der Waals surface area contributed by atoms with Crippen LogP contribution in [0.2, 0.25) is 0 Å². The Balaban J connectivity index is 1.88. The molecule has 0 aromatic heterocycles. The summed E-state index contributed by atoms with van der Waals surface area (Å²) in [6.45, 7) is 6.01. The molecule has 0 bridgehead atoms. The van der Waals surface area contributed by atoms with Crippen LogP contribution in [0.3, 0.4) is 0 Å². The summed E-state index contributed by atoms with van der Waals surface area (Å²) in [5.74, 6) is -1.38. The molecule has 0 aliphatic carbocycles. The predicted molar refractivity (Wildman–Crippen MR) is 150 cm³/mol. The van der Waals surface area contributed by atoms with Crippen molar-refractivity contribution in [3.63, 3.8) is 0 Å². The summed E-state index contributed by atoms with van der Waals surface area (Å²) in [5, 5.41) is 13.3. The SMILES string of the molecule is CC(=O)NCSC[C@H](NC(=O)OC(C)(C)C)C(=O)OCCS(=O)(=O)Cc1ccc(N=Nc2ccccc2)cc1. The number of alkyl carbamates (subject to hydrolysis) is 1. The number of ether oxygens (including phenoxy) is 2. The standard InChI is InChI=1S/C26H34N4O7S2/c1-19(31)27-18-38-16-23(28-25(33)37-26(2,3)4)24(32)36-14-15-39(34,35)17-20-10-12-22(13-11-20)30-29-21-8-6-5-7-9-21/h5-13,23H,14-18H2,1-4H3,(H,27,31)(H,28,33)/t23-/m0/s1. The molecule has 0 fully saturated rings. The monoisotopic (exact) mass is 578 g/mol. The van der Waals surface area contributed by atoms with E-state index in [1.54, 1.807) is 45.0 Å². The largest absolute Gasteiger partial charge is 0.463 e. The van der Waals surface area contributed by atoms with Crippen LogP contribution >= 0.6 is 11.8 Å². The van der Waals surface area contributed by atoms with Gasteiger partial charge in [-0.3, -0.25) is 4.79 Å². The molecule has 0 radical (unpaired) electrons. The van der Waals surface area contributed by atoms with Gasteiger partial charge < -0.3 is 20.1 Å². The van der Waals surface area contributed by atoms with Crippen LogP contribution in [-0.2, 0) is 34.7 Å². The number of thioether (sulfide) groups is 1. The van der Waals surface area contributed by atoms with E-state index in [2.05, 4.69) is 20.9 Å². The van der Waals surface area contributed by atoms with Gasteiger partial charge in [0.2, 0.25) is 5.91 Å². The van der Waals surface area contributed by atoms with Gasteiger partial charge in [-0.25, -0.2) is 18.0 Å². The smallest absolute Gasteiger partial charge is 0.408 e. The average molecular weight is 579 g/mol. The molecule has 0 unspecified atom stereocenters. The van der Waals surface area contributed by atoms with Gasteiger partial charge in [-0.1, -0.05) is 30.3 Å². The van der Waals surface area contributed by atoms with Gasteiger partial charge in [0.15, 0.2) is 9.84 Å². The maximum Gasteiger partial charge on any atom is 0.408 e. The van der Waals surface area contributed by atoms with E-state index in [-0.39, 0.29) is 29.9 Å². The average Bonchev–Trinajstić information content (AvgIpc) is 2.84. The topological polar surface area (TPSA) is 153 Å². The second-order valence-corrected chi connectivity index (χ2v) is 12.6. The Bertz CT molecular complexity index is 1230. The number of hydrogen-bond donors (Lipinski definition) is 2. The van der Waals surface area contributed by atoms with Crippen LogP contribution < -0.4 is 10.6 Å². The van der Waals surface area contributed by atoms with E-state index in [0.29, 0.717) is 16.9 Å². The molecule has 13 heteroatoms. The third-order valence-corrected chi connectivity index (χ3v) is 7.16. The fourth-order valence-corrected chi connectivity index (χ4v) is 4.97. The Morgan fingerprint density at radius 3 is 2.18 bits per heavy atom. The van der Waals surface area contributed by atoms with Crippen LogP contribution in [0.5, 0.6) is 0 Å². The van der Waals surface area contributed by atoms with E-state index >= 15 is 0 Å². The van der Waals surface area contributed by atoms with Crippen LogP contribution in [0.4, 0.5) is 16.2 Å². The lowest BCUT2D eigenvalue weighted by molar-refractivity contribution is -0.144. The highest BCUT2D eigenvalue weighted by atomic mass is 32.2. The molecule has 2 aromatic rings. The lowest BCUT2D eigenvalue weighted by atomic mass is 10.2. The van der Waals surface area contributed by atoms with Gasteiger partial charge >= 0.3 is 12.1 Å². The zero-order valence-electron chi connectivity index (χ0n) is 22.4. The molecule has 2 N–H and O–H groups in total. The Kier molecular flexibility index (Phi) is 12.4. The molecule has 0 aliphatic rings. The molecule has 0 spiro atoms. The van der Waals surface area contributed by atoms with Crippen molar-refractivity contribution < 1.29 is 32.3 Å². The molecular weight excluding hydrogens is 544 g/mol. The van der Waals surface area contributed by atoms with Crippen molar-refractivity contribution in [2.45, 2.75) is 45.1 Å². The van der Waals surface area contributed by atoms with Gasteiger partial charge in [-0.2, -0.15) is 10.2 Å². The van der Waals surface area contributed by atoms with Crippen molar-refractivity contribution >= 4 is 50.9 Å². The molecule has 0 aliphatic heterocycles. The van der Waals surface area contributed by atoms with Crippen LogP contribution in [0.15, 0.2) is 64.8 Å². The Morgan fingerprint density at radius 1 is 0.974 bits per heavy atom. The zero-order valence-corrected chi connectivity index (χ0v) is 24.0. The number of sulfone groups is 1. The summed E-state index contributed by atoms with van der Waals surface area (Å²) in [6.07, 6.45) is -0.816. The van der Waals surface area contributed by atoms with Crippen molar-refractivity contribution in [2.24, 2.45) is 10.2 Å². The van der Waals surface area contributed by atoms with Crippen LogP contribution in [0, 0.1) is 0 Å². The lowest BCUT2D eigenvalue weighted by Gasteiger charge is -2.23.